The topological polar surface area (TPSA) is 65.2 Å². The summed E-state index contributed by atoms with van der Waals surface area (Å²) in [4.78, 5) is 29.4. The van der Waals surface area contributed by atoms with E-state index in [0.29, 0.717) is 6.42 Å². The maximum Gasteiger partial charge on any atom is 0.249 e. The largest absolute Gasteiger partial charge is 0.361 e. The molecule has 0 radical (unpaired) electrons. The third-order valence-corrected chi connectivity index (χ3v) is 4.25. The van der Waals surface area contributed by atoms with Crippen molar-refractivity contribution in [2.45, 2.75) is 19.4 Å². The van der Waals surface area contributed by atoms with Crippen LogP contribution in [0.3, 0.4) is 0 Å². The molecule has 1 atom stereocenters. The summed E-state index contributed by atoms with van der Waals surface area (Å²) in [5, 5.41) is 3.85. The molecule has 5 heteroatoms. The van der Waals surface area contributed by atoms with Crippen molar-refractivity contribution in [2.24, 2.45) is 0 Å². The molecule has 5 nitrogen and oxygen atoms in total. The smallest absolute Gasteiger partial charge is 0.249 e. The Balaban J connectivity index is 1.86. The van der Waals surface area contributed by atoms with E-state index in [9.17, 15) is 9.59 Å². The van der Waals surface area contributed by atoms with Crippen molar-refractivity contribution >= 4 is 28.4 Å². The molecule has 1 heterocycles. The number of aromatic nitrogens is 1. The average molecular weight is 335 g/mol. The summed E-state index contributed by atoms with van der Waals surface area (Å²) in [6, 6.07) is 16.7. The highest BCUT2D eigenvalue weighted by Crippen LogP contribution is 2.20. The first-order chi connectivity index (χ1) is 12.1. The van der Waals surface area contributed by atoms with Crippen LogP contribution in [0.25, 0.3) is 10.9 Å². The van der Waals surface area contributed by atoms with Crippen molar-refractivity contribution in [1.82, 2.24) is 10.3 Å². The van der Waals surface area contributed by atoms with Crippen LogP contribution in [0.15, 0.2) is 60.8 Å². The van der Waals surface area contributed by atoms with Crippen LogP contribution in [0.2, 0.25) is 0 Å². The second-order valence-corrected chi connectivity index (χ2v) is 6.05. The van der Waals surface area contributed by atoms with Crippen LogP contribution in [0.5, 0.6) is 0 Å². The summed E-state index contributed by atoms with van der Waals surface area (Å²) in [5.74, 6) is -0.369. The number of nitrogens with one attached hydrogen (secondary N) is 2. The number of carbonyl (C=O) groups excluding carboxylic acids is 2. The SMILES string of the molecule is CC(=O)NC(Cc1c[nH]c2ccccc12)C(=O)N(C)c1ccccc1. The van der Waals surface area contributed by atoms with E-state index in [-0.39, 0.29) is 11.8 Å². The number of anilines is 1. The van der Waals surface area contributed by atoms with E-state index in [1.54, 1.807) is 11.9 Å². The molecule has 1 unspecified atom stereocenters. The Hall–Kier alpha value is -3.08. The quantitative estimate of drug-likeness (QED) is 0.753. The molecule has 0 saturated carbocycles. The first-order valence-corrected chi connectivity index (χ1v) is 8.21. The minimum atomic E-state index is -0.623. The standard InChI is InChI=1S/C20H21N3O2/c1-14(24)22-19(20(25)23(2)16-8-4-3-5-9-16)12-15-13-21-18-11-7-6-10-17(15)18/h3-11,13,19,21H,12H2,1-2H3,(H,22,24). The number of H-pyrrole nitrogens is 1. The molecule has 2 aromatic carbocycles. The first kappa shape index (κ1) is 16.8. The zero-order valence-electron chi connectivity index (χ0n) is 14.3. The molecule has 0 bridgehead atoms. The highest BCUT2D eigenvalue weighted by Gasteiger charge is 2.25. The monoisotopic (exact) mass is 335 g/mol. The lowest BCUT2D eigenvalue weighted by atomic mass is 10.0. The van der Waals surface area contributed by atoms with Gasteiger partial charge in [-0.3, -0.25) is 9.59 Å². The summed E-state index contributed by atoms with van der Waals surface area (Å²) in [5.41, 5.74) is 2.81. The van der Waals surface area contributed by atoms with Crippen LogP contribution >= 0.6 is 0 Å². The Labute approximate surface area is 146 Å². The maximum absolute atomic E-state index is 12.9. The number of amides is 2. The number of rotatable bonds is 5. The lowest BCUT2D eigenvalue weighted by Gasteiger charge is -2.24. The highest BCUT2D eigenvalue weighted by atomic mass is 16.2. The van der Waals surface area contributed by atoms with Gasteiger partial charge in [-0.1, -0.05) is 36.4 Å². The molecular weight excluding hydrogens is 314 g/mol. The number of fused-ring (bicyclic) bond motifs is 1. The van der Waals surface area contributed by atoms with Crippen LogP contribution in [-0.4, -0.2) is 29.9 Å². The third-order valence-electron chi connectivity index (χ3n) is 4.25. The minimum absolute atomic E-state index is 0.147. The van der Waals surface area contributed by atoms with Crippen LogP contribution in [0.4, 0.5) is 5.69 Å². The zero-order valence-corrected chi connectivity index (χ0v) is 14.3. The molecule has 2 amide bonds. The van der Waals surface area contributed by atoms with Gasteiger partial charge in [-0.25, -0.2) is 0 Å². The molecule has 25 heavy (non-hydrogen) atoms. The number of para-hydroxylation sites is 2. The van der Waals surface area contributed by atoms with E-state index in [1.807, 2.05) is 60.8 Å². The number of hydrogen-bond donors (Lipinski definition) is 2. The summed E-state index contributed by atoms with van der Waals surface area (Å²) in [6.45, 7) is 1.43. The molecule has 3 rings (SSSR count). The van der Waals surface area contributed by atoms with Gasteiger partial charge in [-0.05, 0) is 23.8 Å². The van der Waals surface area contributed by atoms with Gasteiger partial charge in [0.15, 0.2) is 0 Å². The summed E-state index contributed by atoms with van der Waals surface area (Å²) in [6.07, 6.45) is 2.33. The highest BCUT2D eigenvalue weighted by molar-refractivity contribution is 5.99. The molecule has 1 aromatic heterocycles. The molecule has 3 aromatic rings. The van der Waals surface area contributed by atoms with Gasteiger partial charge in [0.25, 0.3) is 0 Å². The third kappa shape index (κ3) is 3.71. The number of hydrogen-bond acceptors (Lipinski definition) is 2. The Morgan fingerprint density at radius 2 is 1.76 bits per heavy atom. The van der Waals surface area contributed by atoms with Gasteiger partial charge in [0.05, 0.1) is 0 Å². The maximum atomic E-state index is 12.9. The van der Waals surface area contributed by atoms with E-state index in [4.69, 9.17) is 0 Å². The van der Waals surface area contributed by atoms with Crippen LogP contribution < -0.4 is 10.2 Å². The van der Waals surface area contributed by atoms with Gasteiger partial charge in [-0.15, -0.1) is 0 Å². The van der Waals surface area contributed by atoms with E-state index in [2.05, 4.69) is 10.3 Å². The zero-order chi connectivity index (χ0) is 17.8. The number of nitrogens with zero attached hydrogens (tertiary/aromatic N) is 1. The second kappa shape index (κ2) is 7.21. The molecule has 0 aliphatic heterocycles. The van der Waals surface area contributed by atoms with Gasteiger partial charge in [-0.2, -0.15) is 0 Å². The number of carbonyl (C=O) groups is 2. The van der Waals surface area contributed by atoms with Gasteiger partial charge < -0.3 is 15.2 Å². The molecule has 2 N–H and O–H groups in total. The average Bonchev–Trinajstić information content (AvgIpc) is 3.03. The van der Waals surface area contributed by atoms with Crippen molar-refractivity contribution in [3.05, 3.63) is 66.4 Å². The fourth-order valence-corrected chi connectivity index (χ4v) is 2.98. The van der Waals surface area contributed by atoms with Crippen LogP contribution in [0.1, 0.15) is 12.5 Å². The lowest BCUT2D eigenvalue weighted by Crippen LogP contribution is -2.48. The fourth-order valence-electron chi connectivity index (χ4n) is 2.98. The minimum Gasteiger partial charge on any atom is -0.361 e. The molecule has 0 aliphatic carbocycles. The summed E-state index contributed by atoms with van der Waals surface area (Å²) >= 11 is 0. The fraction of sp³-hybridized carbons (Fsp3) is 0.200. The van der Waals surface area contributed by atoms with Crippen LogP contribution in [-0.2, 0) is 16.0 Å². The second-order valence-electron chi connectivity index (χ2n) is 6.05. The van der Waals surface area contributed by atoms with E-state index in [0.717, 1.165) is 22.2 Å². The Morgan fingerprint density at radius 1 is 1.08 bits per heavy atom. The summed E-state index contributed by atoms with van der Waals surface area (Å²) < 4.78 is 0. The van der Waals surface area contributed by atoms with E-state index in [1.165, 1.54) is 6.92 Å². The van der Waals surface area contributed by atoms with Gasteiger partial charge >= 0.3 is 0 Å². The number of aromatic amines is 1. The predicted octanol–water partition coefficient (Wildman–Crippen LogP) is 2.88. The number of likely N-dealkylation sites (N-methyl/N-ethyl adjacent to an activating group) is 1. The molecule has 0 fully saturated rings. The molecular formula is C20H21N3O2. The van der Waals surface area contributed by atoms with Crippen LogP contribution in [0, 0.1) is 0 Å². The Kier molecular flexibility index (Phi) is 4.84. The van der Waals surface area contributed by atoms with Gasteiger partial charge in [0.1, 0.15) is 6.04 Å². The van der Waals surface area contributed by atoms with Crippen molar-refractivity contribution in [3.8, 4) is 0 Å². The van der Waals surface area contributed by atoms with Crippen molar-refractivity contribution in [2.75, 3.05) is 11.9 Å². The Morgan fingerprint density at radius 3 is 2.48 bits per heavy atom. The molecule has 0 saturated heterocycles. The number of benzene rings is 2. The molecule has 0 aliphatic rings. The predicted molar refractivity (Wildman–Crippen MR) is 99.5 cm³/mol. The van der Waals surface area contributed by atoms with E-state index < -0.39 is 6.04 Å². The first-order valence-electron chi connectivity index (χ1n) is 8.21. The van der Waals surface area contributed by atoms with Gasteiger partial charge in [0, 0.05) is 43.2 Å². The Bertz CT molecular complexity index is 886. The van der Waals surface area contributed by atoms with Crippen molar-refractivity contribution in [1.29, 1.82) is 0 Å². The summed E-state index contributed by atoms with van der Waals surface area (Å²) in [7, 11) is 1.72. The molecule has 0 spiro atoms. The van der Waals surface area contributed by atoms with E-state index >= 15 is 0 Å². The van der Waals surface area contributed by atoms with Gasteiger partial charge in [0.2, 0.25) is 11.8 Å². The van der Waals surface area contributed by atoms with Crippen molar-refractivity contribution < 1.29 is 9.59 Å². The lowest BCUT2D eigenvalue weighted by molar-refractivity contribution is -0.126. The van der Waals surface area contributed by atoms with Crippen molar-refractivity contribution in [3.63, 3.8) is 0 Å². The molecule has 128 valence electrons. The normalized spacial score (nSPS) is 11.9.